The van der Waals surface area contributed by atoms with Crippen LogP contribution in [0.3, 0.4) is 0 Å². The smallest absolute Gasteiger partial charge is 0.155 e. The Balaban J connectivity index is 2.64. The molecule has 0 saturated heterocycles. The van der Waals surface area contributed by atoms with E-state index in [0.717, 1.165) is 36.1 Å². The van der Waals surface area contributed by atoms with Gasteiger partial charge in [0.15, 0.2) is 4.90 Å². The van der Waals surface area contributed by atoms with Gasteiger partial charge in [-0.05, 0) is 44.2 Å². The second-order valence-corrected chi connectivity index (χ2v) is 6.11. The van der Waals surface area contributed by atoms with Gasteiger partial charge in [-0.15, -0.1) is 0 Å². The maximum Gasteiger partial charge on any atom is 0.155 e. The van der Waals surface area contributed by atoms with E-state index in [4.69, 9.17) is 0 Å². The Bertz CT molecular complexity index is 380. The van der Waals surface area contributed by atoms with Crippen LogP contribution in [-0.2, 0) is 22.4 Å². The number of nitrogens with zero attached hydrogens (tertiary/aromatic N) is 1. The molecule has 1 aromatic carbocycles. The zero-order valence-corrected chi connectivity index (χ0v) is 12.1. The monoisotopic (exact) mass is 267 g/mol. The van der Waals surface area contributed by atoms with Crippen molar-refractivity contribution in [2.45, 2.75) is 17.7 Å². The molecule has 4 heteroatoms. The minimum atomic E-state index is -0.967. The highest BCUT2D eigenvalue weighted by Crippen LogP contribution is 2.18. The van der Waals surface area contributed by atoms with E-state index in [9.17, 15) is 9.35 Å². The lowest BCUT2D eigenvalue weighted by molar-refractivity contribution is -0.111. The van der Waals surface area contributed by atoms with Gasteiger partial charge in [0, 0.05) is 18.0 Å². The fourth-order valence-electron chi connectivity index (χ4n) is 2.00. The van der Waals surface area contributed by atoms with E-state index in [1.807, 2.05) is 43.3 Å². The molecule has 0 aliphatic heterocycles. The van der Waals surface area contributed by atoms with Gasteiger partial charge in [0.1, 0.15) is 12.5 Å². The predicted molar refractivity (Wildman–Crippen MR) is 75.2 cm³/mol. The van der Waals surface area contributed by atoms with E-state index in [0.29, 0.717) is 0 Å². The molecule has 0 saturated carbocycles. The summed E-state index contributed by atoms with van der Waals surface area (Å²) in [7, 11) is 3.93. The Morgan fingerprint density at radius 3 is 2.61 bits per heavy atom. The summed E-state index contributed by atoms with van der Waals surface area (Å²) in [4.78, 5) is 13.9. The zero-order chi connectivity index (χ0) is 13.5. The minimum absolute atomic E-state index is 0.0401. The van der Waals surface area contributed by atoms with Gasteiger partial charge in [-0.2, -0.15) is 0 Å². The Morgan fingerprint density at radius 2 is 2.06 bits per heavy atom. The van der Waals surface area contributed by atoms with Gasteiger partial charge in [0.05, 0.1) is 0 Å². The maximum atomic E-state index is 11.6. The maximum absolute atomic E-state index is 11.6. The van der Waals surface area contributed by atoms with Crippen molar-refractivity contribution in [3.05, 3.63) is 29.8 Å². The Kier molecular flexibility index (Phi) is 6.39. The molecule has 1 rings (SSSR count). The highest BCUT2D eigenvalue weighted by molar-refractivity contribution is 7.90. The Labute approximate surface area is 112 Å². The van der Waals surface area contributed by atoms with Crippen molar-refractivity contribution < 1.29 is 9.35 Å². The molecule has 0 heterocycles. The standard InChI is InChI=1S/C14H21NO2S/c1-15(2)10-12(11-16)8-9-13-6-4-5-7-14(13)18(3)17/h4-7,11-12H,8-10H2,1-3H3. The molecule has 0 aliphatic carbocycles. The van der Waals surface area contributed by atoms with E-state index in [-0.39, 0.29) is 5.92 Å². The molecule has 0 fully saturated rings. The third kappa shape index (κ3) is 4.80. The first kappa shape index (κ1) is 15.2. The second-order valence-electron chi connectivity index (χ2n) is 4.76. The number of aldehydes is 1. The van der Waals surface area contributed by atoms with Gasteiger partial charge in [-0.1, -0.05) is 18.2 Å². The molecule has 2 unspecified atom stereocenters. The van der Waals surface area contributed by atoms with Gasteiger partial charge >= 0.3 is 0 Å². The van der Waals surface area contributed by atoms with Crippen molar-refractivity contribution in [3.63, 3.8) is 0 Å². The molecule has 1 aromatic rings. The highest BCUT2D eigenvalue weighted by Gasteiger charge is 2.14. The number of aryl methyl sites for hydroxylation is 1. The molecule has 0 spiro atoms. The van der Waals surface area contributed by atoms with Crippen LogP contribution in [0.5, 0.6) is 0 Å². The average Bonchev–Trinajstić information content (AvgIpc) is 2.34. The van der Waals surface area contributed by atoms with Crippen LogP contribution >= 0.6 is 0 Å². The summed E-state index contributed by atoms with van der Waals surface area (Å²) in [6.07, 6.45) is 4.31. The largest absolute Gasteiger partial charge is 0.612 e. The van der Waals surface area contributed by atoms with Crippen LogP contribution < -0.4 is 0 Å². The molecule has 100 valence electrons. The molecule has 3 nitrogen and oxygen atoms in total. The van der Waals surface area contributed by atoms with Crippen molar-refractivity contribution >= 4 is 17.5 Å². The number of rotatable bonds is 7. The summed E-state index contributed by atoms with van der Waals surface area (Å²) < 4.78 is 11.6. The topological polar surface area (TPSA) is 43.4 Å². The number of hydrogen-bond acceptors (Lipinski definition) is 3. The Hall–Kier alpha value is -0.840. The van der Waals surface area contributed by atoms with Gasteiger partial charge in [-0.25, -0.2) is 0 Å². The van der Waals surface area contributed by atoms with Gasteiger partial charge in [0.2, 0.25) is 0 Å². The van der Waals surface area contributed by atoms with Crippen LogP contribution in [0.25, 0.3) is 0 Å². The van der Waals surface area contributed by atoms with Crippen LogP contribution in [0.2, 0.25) is 0 Å². The van der Waals surface area contributed by atoms with E-state index in [2.05, 4.69) is 0 Å². The van der Waals surface area contributed by atoms with E-state index in [1.165, 1.54) is 0 Å². The highest BCUT2D eigenvalue weighted by atomic mass is 32.2. The number of carbonyl (C=O) groups is 1. The van der Waals surface area contributed by atoms with Crippen LogP contribution in [0, 0.1) is 5.92 Å². The van der Waals surface area contributed by atoms with Crippen molar-refractivity contribution in [2.75, 3.05) is 26.9 Å². The van der Waals surface area contributed by atoms with Crippen molar-refractivity contribution in [3.8, 4) is 0 Å². The van der Waals surface area contributed by atoms with Crippen LogP contribution in [0.15, 0.2) is 29.2 Å². The number of benzene rings is 1. The second kappa shape index (κ2) is 7.56. The fourth-order valence-corrected chi connectivity index (χ4v) is 2.81. The first-order chi connectivity index (χ1) is 8.54. The van der Waals surface area contributed by atoms with Crippen LogP contribution in [0.4, 0.5) is 0 Å². The van der Waals surface area contributed by atoms with Crippen LogP contribution in [0.1, 0.15) is 12.0 Å². The van der Waals surface area contributed by atoms with Crippen LogP contribution in [-0.4, -0.2) is 42.6 Å². The fraction of sp³-hybridized carbons (Fsp3) is 0.500. The molecule has 0 amide bonds. The average molecular weight is 267 g/mol. The zero-order valence-electron chi connectivity index (χ0n) is 11.3. The SMILES string of the molecule is CN(C)CC(C=O)CCc1ccccc1[S+](C)[O-]. The molecule has 18 heavy (non-hydrogen) atoms. The lowest BCUT2D eigenvalue weighted by Gasteiger charge is -2.16. The molecule has 0 aromatic heterocycles. The molecule has 0 bridgehead atoms. The van der Waals surface area contributed by atoms with Crippen molar-refractivity contribution in [1.29, 1.82) is 0 Å². The van der Waals surface area contributed by atoms with E-state index in [1.54, 1.807) is 6.26 Å². The summed E-state index contributed by atoms with van der Waals surface area (Å²) in [5, 5.41) is 0. The first-order valence-electron chi connectivity index (χ1n) is 6.06. The molecule has 0 N–H and O–H groups in total. The summed E-state index contributed by atoms with van der Waals surface area (Å²) in [6, 6.07) is 7.74. The minimum Gasteiger partial charge on any atom is -0.612 e. The van der Waals surface area contributed by atoms with E-state index >= 15 is 0 Å². The molecular formula is C14H21NO2S. The summed E-state index contributed by atoms with van der Waals surface area (Å²) in [5.41, 5.74) is 1.09. The van der Waals surface area contributed by atoms with Crippen molar-refractivity contribution in [2.24, 2.45) is 5.92 Å². The summed E-state index contributed by atoms with van der Waals surface area (Å²) >= 11 is -0.967. The lowest BCUT2D eigenvalue weighted by Crippen LogP contribution is -2.23. The normalized spacial score (nSPS) is 14.5. The van der Waals surface area contributed by atoms with Crippen molar-refractivity contribution in [1.82, 2.24) is 4.90 Å². The Morgan fingerprint density at radius 1 is 1.39 bits per heavy atom. The summed E-state index contributed by atoms with van der Waals surface area (Å²) in [5.74, 6) is 0.0401. The first-order valence-corrected chi connectivity index (χ1v) is 7.61. The number of carbonyl (C=O) groups excluding carboxylic acids is 1. The molecular weight excluding hydrogens is 246 g/mol. The third-order valence-electron chi connectivity index (χ3n) is 2.86. The molecule has 0 radical (unpaired) electrons. The lowest BCUT2D eigenvalue weighted by atomic mass is 10.0. The third-order valence-corrected chi connectivity index (χ3v) is 3.88. The molecule has 2 atom stereocenters. The number of hydrogen-bond donors (Lipinski definition) is 0. The van der Waals surface area contributed by atoms with Gasteiger partial charge in [-0.3, -0.25) is 0 Å². The van der Waals surface area contributed by atoms with E-state index < -0.39 is 11.2 Å². The quantitative estimate of drug-likeness (QED) is 0.558. The van der Waals surface area contributed by atoms with Gasteiger partial charge in [0.25, 0.3) is 0 Å². The van der Waals surface area contributed by atoms with Gasteiger partial charge < -0.3 is 14.2 Å². The summed E-state index contributed by atoms with van der Waals surface area (Å²) in [6.45, 7) is 0.765. The molecule has 0 aliphatic rings. The predicted octanol–water partition coefficient (Wildman–Crippen LogP) is 1.73.